The molecule has 2 heterocycles. The van der Waals surface area contributed by atoms with Gasteiger partial charge in [-0.05, 0) is 55.6 Å². The summed E-state index contributed by atoms with van der Waals surface area (Å²) in [6.45, 7) is 4.61. The van der Waals surface area contributed by atoms with Crippen molar-refractivity contribution in [1.82, 2.24) is 10.3 Å². The molecule has 1 aromatic carbocycles. The molecule has 1 saturated heterocycles. The van der Waals surface area contributed by atoms with Crippen LogP contribution in [0.4, 0.5) is 5.69 Å². The molecule has 204 valence electrons. The Morgan fingerprint density at radius 3 is 2.76 bits per heavy atom. The first-order chi connectivity index (χ1) is 17.4. The molecule has 5 N–H and O–H groups in total. The number of amides is 1. The Labute approximate surface area is 215 Å². The summed E-state index contributed by atoms with van der Waals surface area (Å²) in [6, 6.07) is 3.83. The van der Waals surface area contributed by atoms with Gasteiger partial charge in [0, 0.05) is 19.6 Å². The predicted molar refractivity (Wildman–Crippen MR) is 136 cm³/mol. The van der Waals surface area contributed by atoms with Crippen LogP contribution in [-0.4, -0.2) is 72.2 Å². The van der Waals surface area contributed by atoms with Crippen LogP contribution in [0.25, 0.3) is 0 Å². The average Bonchev–Trinajstić information content (AvgIpc) is 2.82. The number of fused-ring (bicyclic) bond motifs is 1. The number of carboxylic acid groups (broad SMARTS) is 1. The summed E-state index contributed by atoms with van der Waals surface area (Å²) < 4.78 is 28.0. The van der Waals surface area contributed by atoms with E-state index < -0.39 is 44.0 Å². The summed E-state index contributed by atoms with van der Waals surface area (Å²) >= 11 is 0. The first kappa shape index (κ1) is 28.2. The number of aliphatic imine (C=N–C) groups is 1. The number of benzene rings is 1. The summed E-state index contributed by atoms with van der Waals surface area (Å²) in [5, 5.41) is 21.0. The Balaban J connectivity index is 1.94. The molecule has 0 saturated carbocycles. The molecule has 13 nitrogen and oxygen atoms in total. The largest absolute Gasteiger partial charge is 0.480 e. The zero-order chi connectivity index (χ0) is 27.3. The van der Waals surface area contributed by atoms with Gasteiger partial charge in [-0.25, -0.2) is 28.3 Å². The number of carbonyl (C=O) groups is 2. The maximum Gasteiger partial charge on any atom is 0.326 e. The molecule has 0 bridgehead atoms. The molecule has 4 atom stereocenters. The molecule has 0 spiro atoms. The maximum absolute atomic E-state index is 14.0. The molecule has 0 aliphatic carbocycles. The van der Waals surface area contributed by atoms with Crippen molar-refractivity contribution in [2.24, 2.45) is 22.6 Å². The molecule has 1 amide bonds. The summed E-state index contributed by atoms with van der Waals surface area (Å²) in [4.78, 5) is 41.2. The molecule has 37 heavy (non-hydrogen) atoms. The number of carboxylic acids is 1. The molecule has 3 rings (SSSR count). The fourth-order valence-corrected chi connectivity index (χ4v) is 6.84. The van der Waals surface area contributed by atoms with Gasteiger partial charge in [0.2, 0.25) is 5.91 Å². The average molecular weight is 539 g/mol. The number of anilines is 1. The topological polar surface area (TPSA) is 197 Å². The van der Waals surface area contributed by atoms with Gasteiger partial charge in [-0.1, -0.05) is 31.4 Å². The van der Waals surface area contributed by atoms with E-state index in [1.54, 1.807) is 11.5 Å². The number of sulfone groups is 1. The highest BCUT2D eigenvalue weighted by Gasteiger charge is 2.43. The number of nitrogens with one attached hydrogen (secondary N) is 2. The van der Waals surface area contributed by atoms with E-state index in [2.05, 4.69) is 10.3 Å². The number of hydrazine groups is 1. The van der Waals surface area contributed by atoms with Crippen LogP contribution in [0.3, 0.4) is 0 Å². The summed E-state index contributed by atoms with van der Waals surface area (Å²) in [5.41, 5.74) is 8.44. The molecule has 1 aromatic rings. The lowest BCUT2D eigenvalue weighted by Crippen LogP contribution is -2.54. The van der Waals surface area contributed by atoms with Crippen LogP contribution in [0.1, 0.15) is 45.1 Å². The normalized spacial score (nSPS) is 22.9. The number of para-hydroxylation sites is 1. The number of aliphatic carboxylic acids is 1. The van der Waals surface area contributed by atoms with Crippen molar-refractivity contribution in [3.63, 3.8) is 0 Å². The zero-order valence-corrected chi connectivity index (χ0v) is 21.7. The molecular weight excluding hydrogens is 504 g/mol. The number of hydrogen-bond acceptors (Lipinski definition) is 8. The molecule has 0 aromatic heterocycles. The molecule has 0 radical (unpaired) electrons. The molecule has 14 heteroatoms. The smallest absolute Gasteiger partial charge is 0.326 e. The minimum atomic E-state index is -4.24. The minimum absolute atomic E-state index is 0.00513. The quantitative estimate of drug-likeness (QED) is 0.116. The van der Waals surface area contributed by atoms with E-state index in [9.17, 15) is 33.2 Å². The number of nitro groups is 1. The minimum Gasteiger partial charge on any atom is -0.480 e. The monoisotopic (exact) mass is 538 g/mol. The summed E-state index contributed by atoms with van der Waals surface area (Å²) in [5.74, 6) is -1.99. The third-order valence-electron chi connectivity index (χ3n) is 6.81. The molecule has 2 aliphatic rings. The van der Waals surface area contributed by atoms with E-state index in [0.717, 1.165) is 5.56 Å². The van der Waals surface area contributed by atoms with E-state index in [-0.39, 0.29) is 43.2 Å². The lowest BCUT2D eigenvalue weighted by molar-refractivity contribution is -0.525. The van der Waals surface area contributed by atoms with Crippen LogP contribution in [0.5, 0.6) is 0 Å². The second-order valence-corrected chi connectivity index (χ2v) is 11.9. The Kier molecular flexibility index (Phi) is 8.94. The number of nitrogens with zero attached hydrogens (tertiary/aromatic N) is 3. The SMILES string of the molecule is CC1CNc2c(cccc2S(=O)(=O)[C@@H](CCCN=C(N)N[N+](=O)[O-])C(=O)N2CC[C@@H](C)C[C@@H]2C(=O)O)C1. The standard InChI is InChI=1S/C23H34N6O7S/c1-14-8-10-28(17(12-14)22(31)32)21(30)19(7-4-9-25-23(24)27-29(33)34)37(35,36)18-6-3-5-16-11-15(2)13-26-20(16)18/h3,5-6,14-15,17,19,26H,4,7-13H2,1-2H3,(H,31,32)(H3,24,25,27)/t14-,15?,17-,19+/m1/s1. The van der Waals surface area contributed by atoms with Gasteiger partial charge < -0.3 is 21.1 Å². The first-order valence-electron chi connectivity index (χ1n) is 12.3. The number of guanidine groups is 1. The van der Waals surface area contributed by atoms with Gasteiger partial charge in [0.05, 0.1) is 10.6 Å². The number of piperidine rings is 1. The van der Waals surface area contributed by atoms with E-state index >= 15 is 0 Å². The maximum atomic E-state index is 14.0. The Bertz CT molecular complexity index is 1170. The van der Waals surface area contributed by atoms with Gasteiger partial charge in [-0.3, -0.25) is 4.79 Å². The van der Waals surface area contributed by atoms with E-state index in [0.29, 0.717) is 31.0 Å². The van der Waals surface area contributed by atoms with Gasteiger partial charge in [-0.2, -0.15) is 0 Å². The van der Waals surface area contributed by atoms with Gasteiger partial charge in [0.1, 0.15) is 11.3 Å². The molecular formula is C23H34N6O7S. The highest BCUT2D eigenvalue weighted by Crippen LogP contribution is 2.35. The highest BCUT2D eigenvalue weighted by molar-refractivity contribution is 7.93. The molecule has 2 aliphatic heterocycles. The van der Waals surface area contributed by atoms with Crippen molar-refractivity contribution in [2.75, 3.05) is 25.0 Å². The van der Waals surface area contributed by atoms with Crippen LogP contribution >= 0.6 is 0 Å². The van der Waals surface area contributed by atoms with Crippen molar-refractivity contribution in [1.29, 1.82) is 0 Å². The third kappa shape index (κ3) is 6.67. The van der Waals surface area contributed by atoms with E-state index in [4.69, 9.17) is 5.73 Å². The Morgan fingerprint density at radius 2 is 2.08 bits per heavy atom. The summed E-state index contributed by atoms with van der Waals surface area (Å²) in [7, 11) is -4.24. The predicted octanol–water partition coefficient (Wildman–Crippen LogP) is 1.02. The van der Waals surface area contributed by atoms with Crippen molar-refractivity contribution in [3.8, 4) is 0 Å². The van der Waals surface area contributed by atoms with Crippen molar-refractivity contribution in [3.05, 3.63) is 33.9 Å². The van der Waals surface area contributed by atoms with Crippen molar-refractivity contribution < 1.29 is 28.1 Å². The van der Waals surface area contributed by atoms with E-state index in [1.807, 2.05) is 19.9 Å². The zero-order valence-electron chi connectivity index (χ0n) is 20.9. The van der Waals surface area contributed by atoms with Crippen LogP contribution in [0.15, 0.2) is 28.1 Å². The second-order valence-electron chi connectivity index (χ2n) is 9.81. The summed E-state index contributed by atoms with van der Waals surface area (Å²) in [6.07, 6.45) is 1.41. The Hall–Kier alpha value is -3.42. The lowest BCUT2D eigenvalue weighted by atomic mass is 9.92. The Morgan fingerprint density at radius 1 is 1.35 bits per heavy atom. The van der Waals surface area contributed by atoms with Gasteiger partial charge in [0.15, 0.2) is 14.9 Å². The number of hydrogen-bond donors (Lipinski definition) is 4. The van der Waals surface area contributed by atoms with Gasteiger partial charge in [-0.15, -0.1) is 0 Å². The molecule has 1 unspecified atom stereocenters. The fraction of sp³-hybridized carbons (Fsp3) is 0.609. The highest BCUT2D eigenvalue weighted by atomic mass is 32.2. The van der Waals surface area contributed by atoms with Crippen molar-refractivity contribution in [2.45, 2.75) is 62.1 Å². The second kappa shape index (κ2) is 11.8. The van der Waals surface area contributed by atoms with Gasteiger partial charge >= 0.3 is 5.97 Å². The van der Waals surface area contributed by atoms with Crippen LogP contribution in [-0.2, 0) is 25.8 Å². The lowest BCUT2D eigenvalue weighted by Gasteiger charge is -2.38. The fourth-order valence-electron chi connectivity index (χ4n) is 4.90. The van der Waals surface area contributed by atoms with Crippen LogP contribution in [0.2, 0.25) is 0 Å². The van der Waals surface area contributed by atoms with Gasteiger partial charge in [0.25, 0.3) is 5.96 Å². The molecule has 1 fully saturated rings. The van der Waals surface area contributed by atoms with Crippen molar-refractivity contribution >= 4 is 33.4 Å². The number of nitrogens with two attached hydrogens (primary N) is 1. The number of carbonyl (C=O) groups excluding carboxylic acids is 1. The first-order valence-corrected chi connectivity index (χ1v) is 13.8. The third-order valence-corrected chi connectivity index (χ3v) is 8.95. The van der Waals surface area contributed by atoms with E-state index in [1.165, 1.54) is 11.0 Å². The number of likely N-dealkylation sites (tertiary alicyclic amines) is 1. The van der Waals surface area contributed by atoms with Crippen LogP contribution in [0, 0.1) is 22.0 Å². The van der Waals surface area contributed by atoms with Crippen LogP contribution < -0.4 is 16.5 Å². The number of rotatable bonds is 9.